The van der Waals surface area contributed by atoms with Crippen molar-refractivity contribution in [3.63, 3.8) is 0 Å². The molecule has 0 fully saturated rings. The monoisotopic (exact) mass is 1420 g/mol. The van der Waals surface area contributed by atoms with Crippen LogP contribution in [0.1, 0.15) is 349 Å². The van der Waals surface area contributed by atoms with Crippen LogP contribution in [-0.2, 0) is 65.4 Å². The maximum absolute atomic E-state index is 13.1. The molecule has 570 valence electrons. The second-order valence-electron chi connectivity index (χ2n) is 26.3. The van der Waals surface area contributed by atoms with E-state index in [0.29, 0.717) is 25.7 Å². The van der Waals surface area contributed by atoms with Gasteiger partial charge in [0.15, 0.2) is 12.2 Å². The summed E-state index contributed by atoms with van der Waals surface area (Å²) in [6, 6.07) is 0. The van der Waals surface area contributed by atoms with E-state index in [1.165, 1.54) is 96.3 Å². The summed E-state index contributed by atoms with van der Waals surface area (Å²) >= 11 is 0. The van der Waals surface area contributed by atoms with Gasteiger partial charge in [0.05, 0.1) is 26.4 Å². The van der Waals surface area contributed by atoms with Crippen LogP contribution in [0, 0.1) is 0 Å². The van der Waals surface area contributed by atoms with E-state index in [2.05, 4.69) is 101 Å². The number of aliphatic hydroxyl groups excluding tert-OH is 1. The third-order valence-corrected chi connectivity index (χ3v) is 18.6. The van der Waals surface area contributed by atoms with Gasteiger partial charge in [-0.2, -0.15) is 0 Å². The SMILES string of the molecule is CC/C=C\C/C=C\C/C=C\CCCCCCCCCC(=O)OCC(COP(=O)(O)OCC(O)COP(=O)(O)OCC(COC(=O)CCCCCCCC/C=C\C/C=C\C/C=C\CCCCC)OC(=O)CCCCCCCCCCCCC)OC(=O)CCCCCCCCCCCCC. The quantitative estimate of drug-likeness (QED) is 0.0169. The summed E-state index contributed by atoms with van der Waals surface area (Å²) in [6.45, 7) is 4.75. The van der Waals surface area contributed by atoms with E-state index in [0.717, 1.165) is 173 Å². The summed E-state index contributed by atoms with van der Waals surface area (Å²) in [5.41, 5.74) is 0. The predicted molar refractivity (Wildman–Crippen MR) is 400 cm³/mol. The number of aliphatic hydroxyl groups is 1. The number of ether oxygens (including phenoxy) is 4. The standard InChI is InChI=1S/C79H142O17P2/c1-5-9-13-17-21-25-29-31-33-35-36-38-40-42-46-48-52-56-60-64-77(82)90-70-75(96-79(84)66-62-58-54-50-44-28-24-20-16-12-8-4)72-94-98(87,88)92-68-73(80)67-91-97(85,86)93-71-74(95-78(83)65-61-57-53-49-43-27-23-19-15-11-7-3)69-89-76(81)63-59-55-51-47-45-41-39-37-34-32-30-26-22-18-14-10-6-2/h10,14,21-22,25-26,31-34,36,38,73-75,80H,5-9,11-13,15-20,23-24,27-30,35,37,39-72H2,1-4H3,(H,85,86)(H,87,88)/b14-10-,25-21-,26-22-,33-31-,34-32-,38-36-. The van der Waals surface area contributed by atoms with Gasteiger partial charge in [-0.05, 0) is 96.3 Å². The Balaban J connectivity index is 5.26. The van der Waals surface area contributed by atoms with Crippen LogP contribution >= 0.6 is 15.6 Å². The molecule has 0 bridgehead atoms. The van der Waals surface area contributed by atoms with E-state index in [9.17, 15) is 43.2 Å². The van der Waals surface area contributed by atoms with Crippen molar-refractivity contribution in [2.24, 2.45) is 0 Å². The molecule has 5 unspecified atom stereocenters. The molecule has 0 aromatic carbocycles. The van der Waals surface area contributed by atoms with Crippen molar-refractivity contribution in [3.05, 3.63) is 72.9 Å². The highest BCUT2D eigenvalue weighted by atomic mass is 31.2. The van der Waals surface area contributed by atoms with Gasteiger partial charge in [-0.1, -0.05) is 300 Å². The number of rotatable bonds is 74. The molecule has 0 heterocycles. The molecule has 0 aliphatic carbocycles. The maximum Gasteiger partial charge on any atom is 0.472 e. The van der Waals surface area contributed by atoms with Gasteiger partial charge in [0.25, 0.3) is 0 Å². The maximum atomic E-state index is 13.1. The lowest BCUT2D eigenvalue weighted by Crippen LogP contribution is -2.30. The Morgan fingerprint density at radius 1 is 0.296 bits per heavy atom. The molecule has 17 nitrogen and oxygen atoms in total. The summed E-state index contributed by atoms with van der Waals surface area (Å²) in [5.74, 6) is -2.17. The van der Waals surface area contributed by atoms with Gasteiger partial charge in [0.1, 0.15) is 19.3 Å². The van der Waals surface area contributed by atoms with E-state index in [-0.39, 0.29) is 25.7 Å². The molecule has 0 amide bonds. The Morgan fingerprint density at radius 3 is 0.837 bits per heavy atom. The van der Waals surface area contributed by atoms with Crippen LogP contribution in [0.25, 0.3) is 0 Å². The molecule has 0 spiro atoms. The lowest BCUT2D eigenvalue weighted by Gasteiger charge is -2.21. The summed E-state index contributed by atoms with van der Waals surface area (Å²) in [5, 5.41) is 10.6. The zero-order chi connectivity index (χ0) is 71.8. The van der Waals surface area contributed by atoms with E-state index in [4.69, 9.17) is 37.0 Å². The normalized spacial score (nSPS) is 14.3. The van der Waals surface area contributed by atoms with Gasteiger partial charge in [-0.25, -0.2) is 9.13 Å². The lowest BCUT2D eigenvalue weighted by molar-refractivity contribution is -0.161. The Labute approximate surface area is 596 Å². The summed E-state index contributed by atoms with van der Waals surface area (Å²) < 4.78 is 68.5. The topological polar surface area (TPSA) is 237 Å². The lowest BCUT2D eigenvalue weighted by atomic mass is 10.1. The molecule has 3 N–H and O–H groups in total. The molecule has 0 radical (unpaired) electrons. The molecule has 0 saturated carbocycles. The first-order valence-electron chi connectivity index (χ1n) is 39.2. The van der Waals surface area contributed by atoms with Gasteiger partial charge < -0.3 is 33.8 Å². The fraction of sp³-hybridized carbons (Fsp3) is 0.797. The number of hydrogen-bond acceptors (Lipinski definition) is 15. The summed E-state index contributed by atoms with van der Waals surface area (Å²) in [4.78, 5) is 72.8. The van der Waals surface area contributed by atoms with Crippen LogP contribution < -0.4 is 0 Å². The number of esters is 4. The van der Waals surface area contributed by atoms with Crippen molar-refractivity contribution >= 4 is 39.5 Å². The summed E-state index contributed by atoms with van der Waals surface area (Å²) in [6.07, 6.45) is 71.7. The highest BCUT2D eigenvalue weighted by molar-refractivity contribution is 7.47. The van der Waals surface area contributed by atoms with Crippen molar-refractivity contribution in [2.45, 2.75) is 367 Å². The second-order valence-corrected chi connectivity index (χ2v) is 29.2. The highest BCUT2D eigenvalue weighted by Gasteiger charge is 2.30. The Bertz CT molecular complexity index is 2140. The van der Waals surface area contributed by atoms with Crippen molar-refractivity contribution < 1.29 is 80.2 Å². The largest absolute Gasteiger partial charge is 0.472 e. The molecule has 0 aliphatic rings. The molecule has 0 aliphatic heterocycles. The average molecular weight is 1430 g/mol. The molecule has 0 saturated heterocycles. The number of carbonyl (C=O) groups is 4. The first kappa shape index (κ1) is 94.5. The molecular weight excluding hydrogens is 1280 g/mol. The zero-order valence-corrected chi connectivity index (χ0v) is 64.0. The van der Waals surface area contributed by atoms with Gasteiger partial charge in [-0.15, -0.1) is 0 Å². The number of phosphoric ester groups is 2. The molecule has 0 aromatic heterocycles. The minimum atomic E-state index is -4.97. The van der Waals surface area contributed by atoms with Crippen LogP contribution in [0.2, 0.25) is 0 Å². The molecular formula is C79H142O17P2. The smallest absolute Gasteiger partial charge is 0.462 e. The first-order chi connectivity index (χ1) is 47.7. The van der Waals surface area contributed by atoms with Crippen LogP contribution in [0.5, 0.6) is 0 Å². The number of phosphoric acid groups is 2. The van der Waals surface area contributed by atoms with E-state index in [1.807, 2.05) is 0 Å². The minimum absolute atomic E-state index is 0.0971. The number of allylic oxidation sites excluding steroid dienone is 12. The fourth-order valence-corrected chi connectivity index (χ4v) is 12.3. The van der Waals surface area contributed by atoms with Crippen LogP contribution in [0.3, 0.4) is 0 Å². The van der Waals surface area contributed by atoms with Crippen molar-refractivity contribution in [3.8, 4) is 0 Å². The Hall–Kier alpha value is -3.50. The van der Waals surface area contributed by atoms with Gasteiger partial charge in [-0.3, -0.25) is 37.3 Å². The molecule has 0 aromatic rings. The van der Waals surface area contributed by atoms with Crippen LogP contribution in [-0.4, -0.2) is 96.7 Å². The second kappa shape index (κ2) is 71.9. The van der Waals surface area contributed by atoms with Crippen LogP contribution in [0.4, 0.5) is 0 Å². The molecule has 5 atom stereocenters. The predicted octanol–water partition coefficient (Wildman–Crippen LogP) is 22.4. The highest BCUT2D eigenvalue weighted by Crippen LogP contribution is 2.45. The Kier molecular flexibility index (Phi) is 69.3. The van der Waals surface area contributed by atoms with Gasteiger partial charge in [0.2, 0.25) is 0 Å². The van der Waals surface area contributed by atoms with Crippen LogP contribution in [0.15, 0.2) is 72.9 Å². The van der Waals surface area contributed by atoms with Crippen molar-refractivity contribution in [1.82, 2.24) is 0 Å². The molecule has 98 heavy (non-hydrogen) atoms. The molecule has 19 heteroatoms. The first-order valence-corrected chi connectivity index (χ1v) is 42.2. The van der Waals surface area contributed by atoms with E-state index < -0.39 is 97.5 Å². The Morgan fingerprint density at radius 2 is 0.531 bits per heavy atom. The molecule has 0 rings (SSSR count). The van der Waals surface area contributed by atoms with E-state index in [1.54, 1.807) is 0 Å². The number of unbranched alkanes of at least 4 members (excludes halogenated alkanes) is 36. The van der Waals surface area contributed by atoms with Crippen molar-refractivity contribution in [1.29, 1.82) is 0 Å². The number of hydrogen-bond donors (Lipinski definition) is 3. The zero-order valence-electron chi connectivity index (χ0n) is 62.2. The third-order valence-electron chi connectivity index (χ3n) is 16.7. The fourth-order valence-electron chi connectivity index (χ4n) is 10.7. The third kappa shape index (κ3) is 70.9. The van der Waals surface area contributed by atoms with Gasteiger partial charge >= 0.3 is 39.5 Å². The van der Waals surface area contributed by atoms with E-state index >= 15 is 0 Å². The summed E-state index contributed by atoms with van der Waals surface area (Å²) in [7, 11) is -9.94. The average Bonchev–Trinajstić information content (AvgIpc) is 0.983. The van der Waals surface area contributed by atoms with Gasteiger partial charge in [0, 0.05) is 25.7 Å². The van der Waals surface area contributed by atoms with Crippen molar-refractivity contribution in [2.75, 3.05) is 39.6 Å². The number of carbonyl (C=O) groups excluding carboxylic acids is 4. The minimum Gasteiger partial charge on any atom is -0.462 e.